The van der Waals surface area contributed by atoms with Crippen molar-refractivity contribution >= 4 is 0 Å². The molecule has 0 aliphatic carbocycles. The van der Waals surface area contributed by atoms with Gasteiger partial charge in [-0.3, -0.25) is 0 Å². The lowest BCUT2D eigenvalue weighted by Crippen LogP contribution is -2.11. The fourth-order valence-corrected chi connectivity index (χ4v) is 2.04. The van der Waals surface area contributed by atoms with Gasteiger partial charge in [-0.1, -0.05) is 26.7 Å². The van der Waals surface area contributed by atoms with Gasteiger partial charge < -0.3 is 5.11 Å². The number of aliphatic hydroxyl groups is 1. The second kappa shape index (κ2) is 6.37. The van der Waals surface area contributed by atoms with Crippen molar-refractivity contribution in [1.29, 1.82) is 0 Å². The summed E-state index contributed by atoms with van der Waals surface area (Å²) >= 11 is 0. The van der Waals surface area contributed by atoms with Crippen LogP contribution >= 0.6 is 0 Å². The predicted octanol–water partition coefficient (Wildman–Crippen LogP) is 4.70. The molecule has 0 bridgehead atoms. The molecule has 0 aromatic heterocycles. The second-order valence-corrected chi connectivity index (χ2v) is 4.67. The molecule has 0 radical (unpaired) electrons. The lowest BCUT2D eigenvalue weighted by Gasteiger charge is -2.19. The van der Waals surface area contributed by atoms with Crippen LogP contribution in [0.4, 0.5) is 17.6 Å². The maximum Gasteiger partial charge on any atom is 0.416 e. The Morgan fingerprint density at radius 3 is 2.21 bits per heavy atom. The fraction of sp³-hybridized carbons (Fsp3) is 0.571. The Balaban J connectivity index is 2.98. The van der Waals surface area contributed by atoms with Gasteiger partial charge in [-0.25, -0.2) is 4.39 Å². The van der Waals surface area contributed by atoms with Crippen LogP contribution in [0.25, 0.3) is 0 Å². The van der Waals surface area contributed by atoms with Gasteiger partial charge in [0.2, 0.25) is 0 Å². The summed E-state index contributed by atoms with van der Waals surface area (Å²) in [5, 5.41) is 9.92. The molecule has 1 nitrogen and oxygen atoms in total. The van der Waals surface area contributed by atoms with E-state index >= 15 is 0 Å². The number of benzene rings is 1. The van der Waals surface area contributed by atoms with E-state index in [4.69, 9.17) is 0 Å². The van der Waals surface area contributed by atoms with Gasteiger partial charge in [-0.05, 0) is 30.5 Å². The van der Waals surface area contributed by atoms with Gasteiger partial charge in [0.1, 0.15) is 5.82 Å². The highest BCUT2D eigenvalue weighted by Crippen LogP contribution is 2.33. The predicted molar refractivity (Wildman–Crippen MR) is 65.1 cm³/mol. The summed E-state index contributed by atoms with van der Waals surface area (Å²) in [5.74, 6) is -0.629. The Kier molecular flexibility index (Phi) is 5.35. The molecule has 1 atom stereocenters. The normalized spacial score (nSPS) is 13.9. The molecule has 1 N–H and O–H groups in total. The molecular formula is C14H18F4O. The van der Waals surface area contributed by atoms with E-state index in [1.165, 1.54) is 0 Å². The Bertz CT molecular complexity index is 410. The molecule has 1 rings (SSSR count). The van der Waals surface area contributed by atoms with E-state index in [1.54, 1.807) is 0 Å². The van der Waals surface area contributed by atoms with Crippen LogP contribution < -0.4 is 0 Å². The molecule has 1 unspecified atom stereocenters. The standard InChI is InChI=1S/C14H18F4O/c1-3-9(4-2)7-13(19)11-8-10(14(16,17)18)5-6-12(11)15/h5-6,8-9,13,19H,3-4,7H2,1-2H3. The van der Waals surface area contributed by atoms with Gasteiger partial charge in [0.15, 0.2) is 0 Å². The quantitative estimate of drug-likeness (QED) is 0.774. The molecule has 0 saturated carbocycles. The van der Waals surface area contributed by atoms with Crippen molar-refractivity contribution in [2.75, 3.05) is 0 Å². The van der Waals surface area contributed by atoms with Crippen LogP contribution in [0, 0.1) is 11.7 Å². The summed E-state index contributed by atoms with van der Waals surface area (Å²) in [4.78, 5) is 0. The number of alkyl halides is 3. The van der Waals surface area contributed by atoms with Gasteiger partial charge in [0.05, 0.1) is 11.7 Å². The number of hydrogen-bond donors (Lipinski definition) is 1. The highest BCUT2D eigenvalue weighted by atomic mass is 19.4. The van der Waals surface area contributed by atoms with Crippen LogP contribution in [0.1, 0.15) is 50.3 Å². The molecule has 0 aliphatic heterocycles. The molecular weight excluding hydrogens is 260 g/mol. The molecule has 0 aliphatic rings. The first-order valence-corrected chi connectivity index (χ1v) is 6.34. The van der Waals surface area contributed by atoms with Gasteiger partial charge in [-0.2, -0.15) is 13.2 Å². The molecule has 1 aromatic rings. The number of rotatable bonds is 5. The van der Waals surface area contributed by atoms with E-state index in [9.17, 15) is 22.7 Å². The molecule has 0 spiro atoms. The van der Waals surface area contributed by atoms with Crippen LogP contribution in [-0.2, 0) is 6.18 Å². The summed E-state index contributed by atoms with van der Waals surface area (Å²) in [6, 6.07) is 2.14. The van der Waals surface area contributed by atoms with Crippen LogP contribution in [0.15, 0.2) is 18.2 Å². The summed E-state index contributed by atoms with van der Waals surface area (Å²) in [7, 11) is 0. The number of hydrogen-bond acceptors (Lipinski definition) is 1. The van der Waals surface area contributed by atoms with E-state index in [0.717, 1.165) is 18.9 Å². The smallest absolute Gasteiger partial charge is 0.388 e. The monoisotopic (exact) mass is 278 g/mol. The Morgan fingerprint density at radius 1 is 1.16 bits per heavy atom. The van der Waals surface area contributed by atoms with E-state index in [2.05, 4.69) is 0 Å². The van der Waals surface area contributed by atoms with Gasteiger partial charge in [-0.15, -0.1) is 0 Å². The van der Waals surface area contributed by atoms with Crippen molar-refractivity contribution in [1.82, 2.24) is 0 Å². The van der Waals surface area contributed by atoms with Gasteiger partial charge >= 0.3 is 6.18 Å². The Labute approximate surface area is 110 Å². The third-order valence-electron chi connectivity index (χ3n) is 3.39. The maximum atomic E-state index is 13.5. The third kappa shape index (κ3) is 4.20. The average Bonchev–Trinajstić information content (AvgIpc) is 2.34. The van der Waals surface area contributed by atoms with Crippen molar-refractivity contribution in [3.05, 3.63) is 35.1 Å². The number of aliphatic hydroxyl groups excluding tert-OH is 1. The van der Waals surface area contributed by atoms with Crippen molar-refractivity contribution in [3.63, 3.8) is 0 Å². The molecule has 0 amide bonds. The summed E-state index contributed by atoms with van der Waals surface area (Å²) in [5.41, 5.74) is -1.21. The van der Waals surface area contributed by atoms with E-state index < -0.39 is 23.7 Å². The summed E-state index contributed by atoms with van der Waals surface area (Å²) in [6.45, 7) is 3.87. The topological polar surface area (TPSA) is 20.2 Å². The highest BCUT2D eigenvalue weighted by Gasteiger charge is 2.32. The largest absolute Gasteiger partial charge is 0.416 e. The molecule has 0 fully saturated rings. The molecule has 5 heteroatoms. The highest BCUT2D eigenvalue weighted by molar-refractivity contribution is 5.28. The molecule has 0 saturated heterocycles. The van der Waals surface area contributed by atoms with E-state index in [1.807, 2.05) is 13.8 Å². The van der Waals surface area contributed by atoms with Crippen LogP contribution in [-0.4, -0.2) is 5.11 Å². The average molecular weight is 278 g/mol. The minimum absolute atomic E-state index is 0.170. The maximum absolute atomic E-state index is 13.5. The zero-order valence-electron chi connectivity index (χ0n) is 11.0. The lowest BCUT2D eigenvalue weighted by atomic mass is 9.92. The first-order valence-electron chi connectivity index (χ1n) is 6.34. The summed E-state index contributed by atoms with van der Waals surface area (Å²) in [6.07, 6.45) is -3.86. The number of halogens is 4. The van der Waals surface area contributed by atoms with Gasteiger partial charge in [0.25, 0.3) is 0 Å². The Hall–Kier alpha value is -1.10. The van der Waals surface area contributed by atoms with Crippen LogP contribution in [0.5, 0.6) is 0 Å². The van der Waals surface area contributed by atoms with E-state index in [-0.39, 0.29) is 17.9 Å². The van der Waals surface area contributed by atoms with E-state index in [0.29, 0.717) is 12.1 Å². The third-order valence-corrected chi connectivity index (χ3v) is 3.39. The minimum Gasteiger partial charge on any atom is -0.388 e. The minimum atomic E-state index is -4.53. The zero-order chi connectivity index (χ0) is 14.6. The van der Waals surface area contributed by atoms with Crippen LogP contribution in [0.2, 0.25) is 0 Å². The molecule has 108 valence electrons. The van der Waals surface area contributed by atoms with Crippen molar-refractivity contribution in [2.45, 2.75) is 45.4 Å². The van der Waals surface area contributed by atoms with Crippen LogP contribution in [0.3, 0.4) is 0 Å². The molecule has 0 heterocycles. The SMILES string of the molecule is CCC(CC)CC(O)c1cc(C(F)(F)F)ccc1F. The Morgan fingerprint density at radius 2 is 1.74 bits per heavy atom. The lowest BCUT2D eigenvalue weighted by molar-refractivity contribution is -0.137. The second-order valence-electron chi connectivity index (χ2n) is 4.67. The molecule has 19 heavy (non-hydrogen) atoms. The first-order chi connectivity index (χ1) is 8.79. The van der Waals surface area contributed by atoms with Gasteiger partial charge in [0, 0.05) is 5.56 Å². The molecule has 1 aromatic carbocycles. The zero-order valence-corrected chi connectivity index (χ0v) is 11.0. The first kappa shape index (κ1) is 16.0. The van der Waals surface area contributed by atoms with Crippen molar-refractivity contribution in [2.24, 2.45) is 5.92 Å². The van der Waals surface area contributed by atoms with Crippen molar-refractivity contribution < 1.29 is 22.7 Å². The van der Waals surface area contributed by atoms with Crippen molar-refractivity contribution in [3.8, 4) is 0 Å². The fourth-order valence-electron chi connectivity index (χ4n) is 2.04. The summed E-state index contributed by atoms with van der Waals surface area (Å²) < 4.78 is 51.2.